The first-order valence-corrected chi connectivity index (χ1v) is 3.53. The minimum absolute atomic E-state index is 0.224. The molecule has 1 saturated heterocycles. The van der Waals surface area contributed by atoms with Crippen molar-refractivity contribution in [1.82, 2.24) is 0 Å². The molecule has 2 atom stereocenters. The molecule has 0 aromatic heterocycles. The number of carbonyl (C=O) groups excluding carboxylic acids is 2. The van der Waals surface area contributed by atoms with E-state index >= 15 is 0 Å². The normalized spacial score (nSPS) is 29.6. The summed E-state index contributed by atoms with van der Waals surface area (Å²) in [4.78, 5) is 21.1. The minimum Gasteiger partial charge on any atom is -0.461 e. The van der Waals surface area contributed by atoms with Crippen LogP contribution in [0.1, 0.15) is 12.8 Å². The SMILES string of the molecule is C=CC[C@H]1OC(=O)C[C@H]1C=O. The van der Waals surface area contributed by atoms with E-state index in [0.717, 1.165) is 6.29 Å². The Balaban J connectivity index is 2.56. The van der Waals surface area contributed by atoms with Crippen LogP contribution in [0.5, 0.6) is 0 Å². The zero-order valence-corrected chi connectivity index (χ0v) is 6.16. The van der Waals surface area contributed by atoms with Gasteiger partial charge in [0, 0.05) is 6.42 Å². The van der Waals surface area contributed by atoms with Gasteiger partial charge < -0.3 is 9.53 Å². The summed E-state index contributed by atoms with van der Waals surface area (Å²) in [7, 11) is 0. The molecule has 0 aromatic carbocycles. The Labute approximate surface area is 65.0 Å². The third-order valence-electron chi connectivity index (χ3n) is 1.74. The summed E-state index contributed by atoms with van der Waals surface area (Å²) in [5.74, 6) is -0.547. The maximum Gasteiger partial charge on any atom is 0.306 e. The number of ether oxygens (including phenoxy) is 1. The molecule has 1 aliphatic heterocycles. The standard InChI is InChI=1S/C8H10O3/c1-2-3-7-6(5-9)4-8(10)11-7/h2,5-7H,1,3-4H2/t6-,7+/m0/s1. The van der Waals surface area contributed by atoms with Gasteiger partial charge in [-0.1, -0.05) is 6.08 Å². The molecule has 1 fully saturated rings. The van der Waals surface area contributed by atoms with Crippen molar-refractivity contribution in [3.8, 4) is 0 Å². The number of cyclic esters (lactones) is 1. The van der Waals surface area contributed by atoms with Gasteiger partial charge in [-0.2, -0.15) is 0 Å². The number of hydrogen-bond acceptors (Lipinski definition) is 3. The summed E-state index contributed by atoms with van der Waals surface area (Å²) in [6.07, 6.45) is 2.95. The van der Waals surface area contributed by atoms with Gasteiger partial charge >= 0.3 is 5.97 Å². The molecule has 0 saturated carbocycles. The Morgan fingerprint density at radius 2 is 2.45 bits per heavy atom. The van der Waals surface area contributed by atoms with E-state index in [2.05, 4.69) is 6.58 Å². The van der Waals surface area contributed by atoms with E-state index in [0.29, 0.717) is 6.42 Å². The van der Waals surface area contributed by atoms with Crippen LogP contribution < -0.4 is 0 Å². The second-order valence-corrected chi connectivity index (χ2v) is 2.56. The Morgan fingerprint density at radius 1 is 1.73 bits per heavy atom. The summed E-state index contributed by atoms with van der Waals surface area (Å²) in [5.41, 5.74) is 0. The molecule has 1 rings (SSSR count). The molecule has 0 aliphatic carbocycles. The lowest BCUT2D eigenvalue weighted by Gasteiger charge is -2.08. The predicted octanol–water partition coefficient (Wildman–Crippen LogP) is 0.693. The minimum atomic E-state index is -0.283. The van der Waals surface area contributed by atoms with Gasteiger partial charge in [-0.15, -0.1) is 6.58 Å². The van der Waals surface area contributed by atoms with Crippen molar-refractivity contribution in [3.05, 3.63) is 12.7 Å². The molecule has 0 unspecified atom stereocenters. The third kappa shape index (κ3) is 1.67. The van der Waals surface area contributed by atoms with Crippen LogP contribution in [-0.4, -0.2) is 18.4 Å². The van der Waals surface area contributed by atoms with E-state index < -0.39 is 0 Å². The van der Waals surface area contributed by atoms with E-state index in [4.69, 9.17) is 4.74 Å². The van der Waals surface area contributed by atoms with Crippen LogP contribution in [0, 0.1) is 5.92 Å². The molecule has 1 heterocycles. The molecule has 0 radical (unpaired) electrons. The smallest absolute Gasteiger partial charge is 0.306 e. The Bertz CT molecular complexity index is 186. The van der Waals surface area contributed by atoms with E-state index in [1.807, 2.05) is 0 Å². The lowest BCUT2D eigenvalue weighted by molar-refractivity contribution is -0.141. The molecule has 1 aliphatic rings. The van der Waals surface area contributed by atoms with Gasteiger partial charge in [-0.05, 0) is 0 Å². The van der Waals surface area contributed by atoms with Crippen LogP contribution in [0.4, 0.5) is 0 Å². The number of carbonyl (C=O) groups is 2. The molecule has 3 nitrogen and oxygen atoms in total. The van der Waals surface area contributed by atoms with Crippen molar-refractivity contribution < 1.29 is 14.3 Å². The maximum absolute atomic E-state index is 10.7. The molecule has 60 valence electrons. The zero-order chi connectivity index (χ0) is 8.27. The van der Waals surface area contributed by atoms with E-state index in [9.17, 15) is 9.59 Å². The van der Waals surface area contributed by atoms with Crippen LogP contribution >= 0.6 is 0 Å². The molecule has 0 aromatic rings. The topological polar surface area (TPSA) is 43.4 Å². The fraction of sp³-hybridized carbons (Fsp3) is 0.500. The zero-order valence-electron chi connectivity index (χ0n) is 6.16. The third-order valence-corrected chi connectivity index (χ3v) is 1.74. The highest BCUT2D eigenvalue weighted by molar-refractivity contribution is 5.77. The van der Waals surface area contributed by atoms with Crippen molar-refractivity contribution in [2.45, 2.75) is 18.9 Å². The van der Waals surface area contributed by atoms with Crippen molar-refractivity contribution in [1.29, 1.82) is 0 Å². The predicted molar refractivity (Wildman–Crippen MR) is 38.9 cm³/mol. The van der Waals surface area contributed by atoms with Gasteiger partial charge in [0.2, 0.25) is 0 Å². The molecule has 11 heavy (non-hydrogen) atoms. The summed E-state index contributed by atoms with van der Waals surface area (Å²) in [6.45, 7) is 3.51. The highest BCUT2D eigenvalue weighted by Gasteiger charge is 2.33. The first kappa shape index (κ1) is 7.98. The molecule has 0 bridgehead atoms. The quantitative estimate of drug-likeness (QED) is 0.341. The van der Waals surface area contributed by atoms with Gasteiger partial charge in [0.05, 0.1) is 12.3 Å². The van der Waals surface area contributed by atoms with E-state index in [1.165, 1.54) is 0 Å². The number of rotatable bonds is 3. The van der Waals surface area contributed by atoms with E-state index in [1.54, 1.807) is 6.08 Å². The second-order valence-electron chi connectivity index (χ2n) is 2.56. The largest absolute Gasteiger partial charge is 0.461 e. The Kier molecular flexibility index (Phi) is 2.41. The lowest BCUT2D eigenvalue weighted by atomic mass is 10.0. The fourth-order valence-corrected chi connectivity index (χ4v) is 1.15. The van der Waals surface area contributed by atoms with Crippen molar-refractivity contribution in [2.24, 2.45) is 5.92 Å². The van der Waals surface area contributed by atoms with Crippen molar-refractivity contribution >= 4 is 12.3 Å². The summed E-state index contributed by atoms with van der Waals surface area (Å²) >= 11 is 0. The van der Waals surface area contributed by atoms with Gasteiger partial charge in [0.25, 0.3) is 0 Å². The maximum atomic E-state index is 10.7. The molecular weight excluding hydrogens is 144 g/mol. The summed E-state index contributed by atoms with van der Waals surface area (Å²) in [6, 6.07) is 0. The fourth-order valence-electron chi connectivity index (χ4n) is 1.15. The van der Waals surface area contributed by atoms with Crippen molar-refractivity contribution in [3.63, 3.8) is 0 Å². The number of esters is 1. The van der Waals surface area contributed by atoms with Crippen LogP contribution in [0.3, 0.4) is 0 Å². The average Bonchev–Trinajstić information content (AvgIpc) is 2.32. The number of aldehydes is 1. The molecule has 0 spiro atoms. The van der Waals surface area contributed by atoms with Crippen LogP contribution in [0.25, 0.3) is 0 Å². The van der Waals surface area contributed by atoms with E-state index in [-0.39, 0.29) is 24.4 Å². The first-order valence-electron chi connectivity index (χ1n) is 3.53. The molecule has 3 heteroatoms. The Hall–Kier alpha value is -1.12. The first-order chi connectivity index (χ1) is 5.27. The summed E-state index contributed by atoms with van der Waals surface area (Å²) < 4.78 is 4.86. The number of hydrogen-bond donors (Lipinski definition) is 0. The monoisotopic (exact) mass is 154 g/mol. The van der Waals surface area contributed by atoms with Crippen LogP contribution in [-0.2, 0) is 14.3 Å². The molecular formula is C8H10O3. The average molecular weight is 154 g/mol. The van der Waals surface area contributed by atoms with Gasteiger partial charge in [-0.25, -0.2) is 0 Å². The highest BCUT2D eigenvalue weighted by atomic mass is 16.5. The second kappa shape index (κ2) is 3.32. The van der Waals surface area contributed by atoms with Crippen molar-refractivity contribution in [2.75, 3.05) is 0 Å². The summed E-state index contributed by atoms with van der Waals surface area (Å²) in [5, 5.41) is 0. The lowest BCUT2D eigenvalue weighted by Crippen LogP contribution is -2.15. The van der Waals surface area contributed by atoms with Crippen LogP contribution in [0.15, 0.2) is 12.7 Å². The van der Waals surface area contributed by atoms with Gasteiger partial charge in [0.15, 0.2) is 0 Å². The highest BCUT2D eigenvalue weighted by Crippen LogP contribution is 2.22. The van der Waals surface area contributed by atoms with Gasteiger partial charge in [0.1, 0.15) is 12.4 Å². The van der Waals surface area contributed by atoms with Crippen LogP contribution in [0.2, 0.25) is 0 Å². The Morgan fingerprint density at radius 3 is 3.00 bits per heavy atom. The van der Waals surface area contributed by atoms with Gasteiger partial charge in [-0.3, -0.25) is 4.79 Å². The molecule has 0 N–H and O–H groups in total. The molecule has 0 amide bonds.